The number of aliphatic hydroxyl groups excluding tert-OH is 1. The molecule has 1 aromatic carbocycles. The number of likely N-dealkylation sites (tertiary alicyclic amines) is 1. The second kappa shape index (κ2) is 8.86. The third kappa shape index (κ3) is 4.86. The standard InChI is InChI=1S/C18H21F2N3O3/c19-17(20)16-5-7-21-22-18(16)26-15-6-8-23(11-15)9-10-25-14-3-1-13(12-24)2-4-14/h1-5,7,15,17,24H,6,8-12H2. The van der Waals surface area contributed by atoms with Crippen LogP contribution in [0.3, 0.4) is 0 Å². The molecule has 0 spiro atoms. The first kappa shape index (κ1) is 18.5. The zero-order valence-corrected chi connectivity index (χ0v) is 14.2. The number of ether oxygens (including phenoxy) is 2. The highest BCUT2D eigenvalue weighted by atomic mass is 19.3. The lowest BCUT2D eigenvalue weighted by Gasteiger charge is -2.17. The van der Waals surface area contributed by atoms with E-state index < -0.39 is 6.43 Å². The summed E-state index contributed by atoms with van der Waals surface area (Å²) in [5.74, 6) is 0.657. The summed E-state index contributed by atoms with van der Waals surface area (Å²) in [6.07, 6.45) is -0.846. The molecule has 0 radical (unpaired) electrons. The molecule has 2 aromatic rings. The van der Waals surface area contributed by atoms with Gasteiger partial charge in [0.25, 0.3) is 6.43 Å². The zero-order chi connectivity index (χ0) is 18.4. The van der Waals surface area contributed by atoms with Crippen LogP contribution in [0.5, 0.6) is 11.6 Å². The van der Waals surface area contributed by atoms with E-state index in [-0.39, 0.29) is 24.2 Å². The zero-order valence-electron chi connectivity index (χ0n) is 14.2. The smallest absolute Gasteiger partial charge is 0.269 e. The van der Waals surface area contributed by atoms with E-state index in [1.165, 1.54) is 12.3 Å². The molecule has 1 fully saturated rings. The maximum Gasteiger partial charge on any atom is 0.269 e. The van der Waals surface area contributed by atoms with Gasteiger partial charge in [0.1, 0.15) is 18.5 Å². The molecule has 26 heavy (non-hydrogen) atoms. The Kier molecular flexibility index (Phi) is 6.30. The van der Waals surface area contributed by atoms with Gasteiger partial charge in [0.2, 0.25) is 5.88 Å². The molecule has 0 saturated carbocycles. The summed E-state index contributed by atoms with van der Waals surface area (Å²) < 4.78 is 37.2. The van der Waals surface area contributed by atoms with Crippen molar-refractivity contribution in [1.82, 2.24) is 15.1 Å². The van der Waals surface area contributed by atoms with Gasteiger partial charge in [0.15, 0.2) is 0 Å². The van der Waals surface area contributed by atoms with Crippen LogP contribution in [0.2, 0.25) is 0 Å². The molecule has 1 aliphatic rings. The van der Waals surface area contributed by atoms with E-state index in [4.69, 9.17) is 14.6 Å². The Morgan fingerprint density at radius 3 is 2.77 bits per heavy atom. The fraction of sp³-hybridized carbons (Fsp3) is 0.444. The number of nitrogens with zero attached hydrogens (tertiary/aromatic N) is 3. The minimum Gasteiger partial charge on any atom is -0.492 e. The Hall–Kier alpha value is -2.32. The van der Waals surface area contributed by atoms with Gasteiger partial charge in [-0.25, -0.2) is 8.78 Å². The van der Waals surface area contributed by atoms with Crippen LogP contribution in [-0.4, -0.2) is 52.5 Å². The summed E-state index contributed by atoms with van der Waals surface area (Å²) in [5.41, 5.74) is 0.608. The van der Waals surface area contributed by atoms with E-state index in [2.05, 4.69) is 15.1 Å². The minimum absolute atomic E-state index is 0.00844. The number of rotatable bonds is 8. The van der Waals surface area contributed by atoms with Crippen molar-refractivity contribution in [3.05, 3.63) is 47.7 Å². The molecule has 2 heterocycles. The van der Waals surface area contributed by atoms with Crippen molar-refractivity contribution in [2.24, 2.45) is 0 Å². The largest absolute Gasteiger partial charge is 0.492 e. The van der Waals surface area contributed by atoms with Crippen LogP contribution in [-0.2, 0) is 6.61 Å². The molecule has 1 unspecified atom stereocenters. The lowest BCUT2D eigenvalue weighted by atomic mass is 10.2. The summed E-state index contributed by atoms with van der Waals surface area (Å²) in [5, 5.41) is 16.3. The molecule has 6 nitrogen and oxygen atoms in total. The summed E-state index contributed by atoms with van der Waals surface area (Å²) in [7, 11) is 0. The summed E-state index contributed by atoms with van der Waals surface area (Å²) >= 11 is 0. The van der Waals surface area contributed by atoms with Crippen molar-refractivity contribution in [3.8, 4) is 11.6 Å². The van der Waals surface area contributed by atoms with E-state index >= 15 is 0 Å². The van der Waals surface area contributed by atoms with Gasteiger partial charge >= 0.3 is 0 Å². The van der Waals surface area contributed by atoms with Gasteiger partial charge in [0, 0.05) is 19.6 Å². The Labute approximate surface area is 150 Å². The Balaban J connectivity index is 1.44. The van der Waals surface area contributed by atoms with Crippen LogP contribution >= 0.6 is 0 Å². The third-order valence-corrected chi connectivity index (χ3v) is 4.24. The number of aromatic nitrogens is 2. The molecular weight excluding hydrogens is 344 g/mol. The van der Waals surface area contributed by atoms with Gasteiger partial charge in [-0.05, 0) is 30.2 Å². The van der Waals surface area contributed by atoms with Gasteiger partial charge < -0.3 is 14.6 Å². The number of aliphatic hydroxyl groups is 1. The van der Waals surface area contributed by atoms with Crippen LogP contribution in [0.15, 0.2) is 36.5 Å². The molecule has 1 aliphatic heterocycles. The van der Waals surface area contributed by atoms with Crippen LogP contribution in [0.4, 0.5) is 8.78 Å². The van der Waals surface area contributed by atoms with Crippen molar-refractivity contribution in [1.29, 1.82) is 0 Å². The Morgan fingerprint density at radius 1 is 1.23 bits per heavy atom. The predicted molar refractivity (Wildman–Crippen MR) is 90.3 cm³/mol. The lowest BCUT2D eigenvalue weighted by Crippen LogP contribution is -2.29. The topological polar surface area (TPSA) is 67.7 Å². The fourth-order valence-corrected chi connectivity index (χ4v) is 2.82. The van der Waals surface area contributed by atoms with Gasteiger partial charge in [-0.3, -0.25) is 4.90 Å². The maximum atomic E-state index is 13.0. The number of hydrogen-bond donors (Lipinski definition) is 1. The number of benzene rings is 1. The summed E-state index contributed by atoms with van der Waals surface area (Å²) in [4.78, 5) is 2.16. The van der Waals surface area contributed by atoms with E-state index in [1.54, 1.807) is 0 Å². The third-order valence-electron chi connectivity index (χ3n) is 4.24. The molecule has 8 heteroatoms. The highest BCUT2D eigenvalue weighted by Gasteiger charge is 2.26. The Morgan fingerprint density at radius 2 is 2.04 bits per heavy atom. The van der Waals surface area contributed by atoms with Crippen LogP contribution in [0, 0.1) is 0 Å². The van der Waals surface area contributed by atoms with Crippen LogP contribution < -0.4 is 9.47 Å². The lowest BCUT2D eigenvalue weighted by molar-refractivity contribution is 0.132. The minimum atomic E-state index is -2.64. The van der Waals surface area contributed by atoms with Crippen molar-refractivity contribution >= 4 is 0 Å². The molecule has 1 aromatic heterocycles. The molecule has 3 rings (SSSR count). The second-order valence-corrected chi connectivity index (χ2v) is 6.07. The van der Waals surface area contributed by atoms with E-state index in [0.717, 1.165) is 24.3 Å². The first-order valence-corrected chi connectivity index (χ1v) is 8.47. The highest BCUT2D eigenvalue weighted by Crippen LogP contribution is 2.27. The van der Waals surface area contributed by atoms with Gasteiger partial charge in [-0.2, -0.15) is 5.10 Å². The average molecular weight is 365 g/mol. The van der Waals surface area contributed by atoms with E-state index in [1.807, 2.05) is 24.3 Å². The van der Waals surface area contributed by atoms with Crippen molar-refractivity contribution < 1.29 is 23.4 Å². The van der Waals surface area contributed by atoms with Gasteiger partial charge in [0.05, 0.1) is 18.4 Å². The van der Waals surface area contributed by atoms with Crippen LogP contribution in [0.25, 0.3) is 0 Å². The number of halogens is 2. The average Bonchev–Trinajstić information content (AvgIpc) is 3.10. The maximum absolute atomic E-state index is 13.0. The van der Waals surface area contributed by atoms with Gasteiger partial charge in [-0.15, -0.1) is 5.10 Å². The van der Waals surface area contributed by atoms with Crippen LogP contribution in [0.1, 0.15) is 24.0 Å². The molecule has 1 saturated heterocycles. The Bertz CT molecular complexity index is 700. The first-order chi connectivity index (χ1) is 12.7. The molecule has 0 aliphatic carbocycles. The first-order valence-electron chi connectivity index (χ1n) is 8.47. The van der Waals surface area contributed by atoms with Crippen molar-refractivity contribution in [3.63, 3.8) is 0 Å². The number of hydrogen-bond acceptors (Lipinski definition) is 6. The fourth-order valence-electron chi connectivity index (χ4n) is 2.82. The van der Waals surface area contributed by atoms with E-state index in [0.29, 0.717) is 19.7 Å². The highest BCUT2D eigenvalue weighted by molar-refractivity contribution is 5.27. The predicted octanol–water partition coefficient (Wildman–Crippen LogP) is 2.44. The molecular formula is C18H21F2N3O3. The van der Waals surface area contributed by atoms with Gasteiger partial charge in [-0.1, -0.05) is 12.1 Å². The van der Waals surface area contributed by atoms with Crippen molar-refractivity contribution in [2.45, 2.75) is 25.6 Å². The summed E-state index contributed by atoms with van der Waals surface area (Å²) in [6, 6.07) is 8.51. The molecule has 1 atom stereocenters. The summed E-state index contributed by atoms with van der Waals surface area (Å²) in [6.45, 7) is 2.67. The molecule has 0 amide bonds. The monoisotopic (exact) mass is 365 g/mol. The molecule has 140 valence electrons. The van der Waals surface area contributed by atoms with Crippen molar-refractivity contribution in [2.75, 3.05) is 26.2 Å². The van der Waals surface area contributed by atoms with E-state index in [9.17, 15) is 8.78 Å². The molecule has 1 N–H and O–H groups in total. The quantitative estimate of drug-likeness (QED) is 0.775. The number of alkyl halides is 2. The SMILES string of the molecule is OCc1ccc(OCCN2CCC(Oc3nnccc3C(F)F)C2)cc1. The molecule has 0 bridgehead atoms. The normalized spacial score (nSPS) is 17.6. The second-order valence-electron chi connectivity index (χ2n) is 6.07.